The van der Waals surface area contributed by atoms with E-state index in [-0.39, 0.29) is 12.5 Å². The summed E-state index contributed by atoms with van der Waals surface area (Å²) < 4.78 is 10.7. The van der Waals surface area contributed by atoms with Gasteiger partial charge in [-0.25, -0.2) is 0 Å². The molecule has 1 amide bonds. The first-order valence-corrected chi connectivity index (χ1v) is 7.35. The van der Waals surface area contributed by atoms with Crippen molar-refractivity contribution < 1.29 is 14.3 Å². The molecule has 1 fully saturated rings. The van der Waals surface area contributed by atoms with Crippen molar-refractivity contribution in [2.75, 3.05) is 20.3 Å². The van der Waals surface area contributed by atoms with Crippen LogP contribution in [0.1, 0.15) is 25.3 Å². The molecule has 2 rings (SSSR count). The zero-order valence-corrected chi connectivity index (χ0v) is 13.1. The van der Waals surface area contributed by atoms with Crippen molar-refractivity contribution in [2.45, 2.75) is 31.8 Å². The molecule has 5 nitrogen and oxygen atoms in total. The largest absolute Gasteiger partial charge is 0.493 e. The van der Waals surface area contributed by atoms with Crippen LogP contribution in [0, 0.1) is 12.3 Å². The Bertz CT molecular complexity index is 572. The van der Waals surface area contributed by atoms with Crippen LogP contribution in [-0.2, 0) is 11.3 Å². The van der Waals surface area contributed by atoms with E-state index >= 15 is 0 Å². The third-order valence-electron chi connectivity index (χ3n) is 3.86. The molecule has 1 aliphatic heterocycles. The molecule has 0 spiro atoms. The Kier molecular flexibility index (Phi) is 5.29. The number of nitrogens with one attached hydrogen (secondary N) is 2. The second-order valence-corrected chi connectivity index (χ2v) is 5.52. The Balaban J connectivity index is 2.00. The minimum atomic E-state index is -0.463. The Morgan fingerprint density at radius 1 is 1.50 bits per heavy atom. The summed E-state index contributed by atoms with van der Waals surface area (Å²) in [4.78, 5) is 12.3. The normalized spacial score (nSPS) is 20.2. The van der Waals surface area contributed by atoms with E-state index in [1.54, 1.807) is 7.11 Å². The van der Waals surface area contributed by atoms with Crippen LogP contribution in [0.2, 0.25) is 0 Å². The summed E-state index contributed by atoms with van der Waals surface area (Å²) in [6, 6.07) is 5.54. The van der Waals surface area contributed by atoms with Crippen molar-refractivity contribution in [1.29, 1.82) is 0 Å². The third kappa shape index (κ3) is 3.71. The molecule has 0 bridgehead atoms. The number of terminal acetylenes is 1. The summed E-state index contributed by atoms with van der Waals surface area (Å²) in [5.74, 6) is 3.64. The van der Waals surface area contributed by atoms with Crippen molar-refractivity contribution in [3.63, 3.8) is 0 Å². The average Bonchev–Trinajstić information content (AvgIpc) is 2.98. The highest BCUT2D eigenvalue weighted by molar-refractivity contribution is 5.86. The molecule has 0 saturated carbocycles. The van der Waals surface area contributed by atoms with Gasteiger partial charge in [0.25, 0.3) is 0 Å². The first-order chi connectivity index (χ1) is 10.6. The molecule has 1 atom stereocenters. The van der Waals surface area contributed by atoms with Gasteiger partial charge < -0.3 is 20.1 Å². The molecule has 0 radical (unpaired) electrons. The molecule has 1 aromatic rings. The Morgan fingerprint density at radius 3 is 2.95 bits per heavy atom. The van der Waals surface area contributed by atoms with Gasteiger partial charge in [0.05, 0.1) is 12.6 Å². The van der Waals surface area contributed by atoms with E-state index in [4.69, 9.17) is 15.9 Å². The number of amides is 1. The lowest BCUT2D eigenvalue weighted by atomic mass is 9.99. The average molecular weight is 302 g/mol. The predicted octanol–water partition coefficient (Wildman–Crippen LogP) is 1.47. The van der Waals surface area contributed by atoms with Crippen molar-refractivity contribution >= 4 is 5.91 Å². The van der Waals surface area contributed by atoms with Gasteiger partial charge in [-0.15, -0.1) is 6.42 Å². The first-order valence-electron chi connectivity index (χ1n) is 7.35. The highest BCUT2D eigenvalue weighted by Crippen LogP contribution is 2.28. The number of methoxy groups -OCH3 is 1. The van der Waals surface area contributed by atoms with Crippen LogP contribution in [0.15, 0.2) is 18.2 Å². The monoisotopic (exact) mass is 302 g/mol. The number of carbonyl (C=O) groups excluding carboxylic acids is 1. The molecular formula is C17H22N2O3. The zero-order chi connectivity index (χ0) is 16.0. The van der Waals surface area contributed by atoms with Crippen LogP contribution in [0.25, 0.3) is 0 Å². The molecule has 22 heavy (non-hydrogen) atoms. The summed E-state index contributed by atoms with van der Waals surface area (Å²) >= 11 is 0. The van der Waals surface area contributed by atoms with Gasteiger partial charge in [0.2, 0.25) is 5.91 Å². The summed E-state index contributed by atoms with van der Waals surface area (Å²) in [6.07, 6.45) is 7.09. The second-order valence-electron chi connectivity index (χ2n) is 5.52. The predicted molar refractivity (Wildman–Crippen MR) is 84.8 cm³/mol. The molecule has 0 unspecified atom stereocenters. The van der Waals surface area contributed by atoms with Crippen LogP contribution >= 0.6 is 0 Å². The lowest BCUT2D eigenvalue weighted by molar-refractivity contribution is -0.126. The van der Waals surface area contributed by atoms with Gasteiger partial charge in [0.1, 0.15) is 6.61 Å². The maximum Gasteiger partial charge on any atom is 0.240 e. The maximum atomic E-state index is 12.3. The lowest BCUT2D eigenvalue weighted by Gasteiger charge is -2.23. The minimum absolute atomic E-state index is 0.0203. The Labute approximate surface area is 131 Å². The third-order valence-corrected chi connectivity index (χ3v) is 3.86. The fourth-order valence-corrected chi connectivity index (χ4v) is 2.53. The van der Waals surface area contributed by atoms with E-state index in [0.717, 1.165) is 24.9 Å². The molecule has 5 heteroatoms. The van der Waals surface area contributed by atoms with Crippen LogP contribution in [-0.4, -0.2) is 31.7 Å². The van der Waals surface area contributed by atoms with E-state index in [2.05, 4.69) is 16.6 Å². The number of hydrogen-bond donors (Lipinski definition) is 2. The Hall–Kier alpha value is -2.19. The second kappa shape index (κ2) is 7.19. The molecule has 1 aliphatic rings. The number of ether oxygens (including phenoxy) is 2. The minimum Gasteiger partial charge on any atom is -0.493 e. The molecule has 0 aliphatic carbocycles. The summed E-state index contributed by atoms with van der Waals surface area (Å²) in [7, 11) is 1.58. The van der Waals surface area contributed by atoms with E-state index in [1.165, 1.54) is 0 Å². The standard InChI is InChI=1S/C17H22N2O3/c1-4-10-22-15-11-13(6-7-14(15)21-3)12-18-16(20)17(2)8-5-9-19-17/h1,6-7,11,19H,5,8-10,12H2,2-3H3,(H,18,20)/t17-/m1/s1. The summed E-state index contributed by atoms with van der Waals surface area (Å²) in [5, 5.41) is 6.21. The molecule has 118 valence electrons. The van der Waals surface area contributed by atoms with Crippen molar-refractivity contribution in [2.24, 2.45) is 0 Å². The van der Waals surface area contributed by atoms with E-state index in [1.807, 2.05) is 25.1 Å². The molecule has 0 aromatic heterocycles. The van der Waals surface area contributed by atoms with E-state index in [9.17, 15) is 4.79 Å². The number of rotatable bonds is 6. The highest BCUT2D eigenvalue weighted by atomic mass is 16.5. The summed E-state index contributed by atoms with van der Waals surface area (Å²) in [5.41, 5.74) is 0.470. The number of carbonyl (C=O) groups is 1. The van der Waals surface area contributed by atoms with Gasteiger partial charge in [0.15, 0.2) is 11.5 Å². The maximum absolute atomic E-state index is 12.3. The number of hydrogen-bond acceptors (Lipinski definition) is 4. The van der Waals surface area contributed by atoms with Crippen molar-refractivity contribution in [3.05, 3.63) is 23.8 Å². The fourth-order valence-electron chi connectivity index (χ4n) is 2.53. The van der Waals surface area contributed by atoms with Gasteiger partial charge >= 0.3 is 0 Å². The molecule has 1 heterocycles. The van der Waals surface area contributed by atoms with Crippen molar-refractivity contribution in [3.8, 4) is 23.8 Å². The first kappa shape index (κ1) is 16.2. The van der Waals surface area contributed by atoms with E-state index < -0.39 is 5.54 Å². The fraction of sp³-hybridized carbons (Fsp3) is 0.471. The van der Waals surface area contributed by atoms with Crippen LogP contribution in [0.3, 0.4) is 0 Å². The SMILES string of the molecule is C#CCOc1cc(CNC(=O)[C@@]2(C)CCCN2)ccc1OC. The van der Waals surface area contributed by atoms with Gasteiger partial charge in [-0.2, -0.15) is 0 Å². The molecular weight excluding hydrogens is 280 g/mol. The highest BCUT2D eigenvalue weighted by Gasteiger charge is 2.35. The Morgan fingerprint density at radius 2 is 2.32 bits per heavy atom. The number of benzene rings is 1. The zero-order valence-electron chi connectivity index (χ0n) is 13.1. The smallest absolute Gasteiger partial charge is 0.240 e. The van der Waals surface area contributed by atoms with Gasteiger partial charge in [-0.1, -0.05) is 12.0 Å². The molecule has 1 aromatic carbocycles. The van der Waals surface area contributed by atoms with Crippen molar-refractivity contribution in [1.82, 2.24) is 10.6 Å². The lowest BCUT2D eigenvalue weighted by Crippen LogP contribution is -2.50. The molecule has 1 saturated heterocycles. The van der Waals surface area contributed by atoms with Gasteiger partial charge in [-0.3, -0.25) is 4.79 Å². The van der Waals surface area contributed by atoms with Crippen LogP contribution < -0.4 is 20.1 Å². The van der Waals surface area contributed by atoms with Crippen LogP contribution in [0.4, 0.5) is 0 Å². The van der Waals surface area contributed by atoms with Gasteiger partial charge in [-0.05, 0) is 44.0 Å². The summed E-state index contributed by atoms with van der Waals surface area (Å²) in [6.45, 7) is 3.43. The van der Waals surface area contributed by atoms with Crippen LogP contribution in [0.5, 0.6) is 11.5 Å². The van der Waals surface area contributed by atoms with E-state index in [0.29, 0.717) is 18.0 Å². The molecule has 2 N–H and O–H groups in total. The topological polar surface area (TPSA) is 59.6 Å². The quantitative estimate of drug-likeness (QED) is 0.781. The van der Waals surface area contributed by atoms with Gasteiger partial charge in [0, 0.05) is 6.54 Å².